The Morgan fingerprint density at radius 1 is 1.18 bits per heavy atom. The third-order valence-corrected chi connectivity index (χ3v) is 7.48. The average molecular weight is 477 g/mol. The van der Waals surface area contributed by atoms with Crippen LogP contribution in [0.3, 0.4) is 0 Å². The molecule has 0 saturated heterocycles. The lowest BCUT2D eigenvalue weighted by molar-refractivity contribution is -0.127. The first-order valence-electron chi connectivity index (χ1n) is 10.3. The molecule has 0 radical (unpaired) electrons. The predicted molar refractivity (Wildman–Crippen MR) is 125 cm³/mol. The van der Waals surface area contributed by atoms with E-state index in [2.05, 4.69) is 5.32 Å². The van der Waals surface area contributed by atoms with Gasteiger partial charge >= 0.3 is 5.97 Å². The topological polar surface area (TPSA) is 139 Å². The van der Waals surface area contributed by atoms with Gasteiger partial charge in [0.1, 0.15) is 22.6 Å². The Bertz CT molecular complexity index is 1380. The third-order valence-electron chi connectivity index (χ3n) is 6.14. The lowest BCUT2D eigenvalue weighted by Gasteiger charge is -2.32. The lowest BCUT2D eigenvalue weighted by Crippen LogP contribution is -2.47. The Morgan fingerprint density at radius 2 is 1.88 bits per heavy atom. The van der Waals surface area contributed by atoms with Crippen molar-refractivity contribution >= 4 is 46.4 Å². The molecule has 4 N–H and O–H groups in total. The smallest absolute Gasteiger partial charge is 0.346 e. The van der Waals surface area contributed by atoms with Gasteiger partial charge in [-0.2, -0.15) is 0 Å². The number of anilines is 2. The molecule has 1 unspecified atom stereocenters. The summed E-state index contributed by atoms with van der Waals surface area (Å²) in [5.41, 5.74) is 6.12. The first kappa shape index (κ1) is 21.7. The van der Waals surface area contributed by atoms with E-state index in [0.717, 1.165) is 11.3 Å². The second-order valence-electron chi connectivity index (χ2n) is 8.05. The molecular formula is C24H19N3O6S. The highest BCUT2D eigenvalue weighted by molar-refractivity contribution is 7.15. The van der Waals surface area contributed by atoms with Crippen molar-refractivity contribution in [3.63, 3.8) is 0 Å². The number of benzene rings is 2. The van der Waals surface area contributed by atoms with Gasteiger partial charge in [-0.3, -0.25) is 14.4 Å². The molecule has 2 aliphatic heterocycles. The third kappa shape index (κ3) is 2.99. The number of hydrogen-bond acceptors (Lipinski definition) is 6. The molecule has 0 bridgehead atoms. The number of aromatic carboxylic acids is 1. The number of thiophene rings is 1. The Morgan fingerprint density at radius 3 is 2.53 bits per heavy atom. The van der Waals surface area contributed by atoms with E-state index >= 15 is 0 Å². The number of nitrogens with two attached hydrogens (primary N) is 1. The van der Waals surface area contributed by atoms with Crippen molar-refractivity contribution in [2.75, 3.05) is 23.9 Å². The van der Waals surface area contributed by atoms with E-state index in [9.17, 15) is 24.3 Å². The number of amides is 3. The van der Waals surface area contributed by atoms with Crippen LogP contribution in [0.5, 0.6) is 5.75 Å². The Balaban J connectivity index is 1.80. The first-order valence-corrected chi connectivity index (χ1v) is 11.1. The number of carboxylic acid groups (broad SMARTS) is 1. The van der Waals surface area contributed by atoms with Gasteiger partial charge in [-0.25, -0.2) is 4.79 Å². The molecule has 3 heterocycles. The zero-order valence-corrected chi connectivity index (χ0v) is 18.8. The van der Waals surface area contributed by atoms with Gasteiger partial charge in [-0.05, 0) is 29.3 Å². The standard InChI is InChI=1S/C24H19N3O6S/c1-33-13-8-6-12(7-9-13)18-19-21(34-20(18)22(30)31)24(10-17(29)26-19)14-4-2-3-5-15(14)27(23(24)32)11-16(25)28/h2-9H,10-11H2,1H3,(H2,25,28)(H,26,29)(H,30,31). The highest BCUT2D eigenvalue weighted by Gasteiger charge is 2.58. The van der Waals surface area contributed by atoms with Crippen molar-refractivity contribution in [3.8, 4) is 16.9 Å². The number of methoxy groups -OCH3 is 1. The van der Waals surface area contributed by atoms with Gasteiger partial charge in [0, 0.05) is 11.3 Å². The summed E-state index contributed by atoms with van der Waals surface area (Å²) in [6.45, 7) is -0.350. The molecule has 5 rings (SSSR count). The summed E-state index contributed by atoms with van der Waals surface area (Å²) in [5, 5.41) is 12.8. The van der Waals surface area contributed by atoms with Crippen LogP contribution in [0.2, 0.25) is 0 Å². The van der Waals surface area contributed by atoms with E-state index in [-0.39, 0.29) is 23.5 Å². The molecule has 172 valence electrons. The van der Waals surface area contributed by atoms with Crippen LogP contribution in [0.4, 0.5) is 11.4 Å². The van der Waals surface area contributed by atoms with Crippen LogP contribution in [0.25, 0.3) is 11.1 Å². The second kappa shape index (κ2) is 7.70. The van der Waals surface area contributed by atoms with Crippen molar-refractivity contribution in [1.82, 2.24) is 0 Å². The number of nitrogens with one attached hydrogen (secondary N) is 1. The zero-order chi connectivity index (χ0) is 24.2. The highest BCUT2D eigenvalue weighted by atomic mass is 32.1. The molecule has 0 saturated carbocycles. The minimum absolute atomic E-state index is 0.00428. The highest BCUT2D eigenvalue weighted by Crippen LogP contribution is 2.57. The van der Waals surface area contributed by atoms with Gasteiger partial charge in [0.2, 0.25) is 17.7 Å². The zero-order valence-electron chi connectivity index (χ0n) is 18.0. The number of fused-ring (bicyclic) bond motifs is 4. The lowest BCUT2D eigenvalue weighted by atomic mass is 9.74. The molecule has 9 nitrogen and oxygen atoms in total. The summed E-state index contributed by atoms with van der Waals surface area (Å²) in [6.07, 6.45) is -0.216. The number of carbonyl (C=O) groups is 4. The van der Waals surface area contributed by atoms with Crippen molar-refractivity contribution in [2.24, 2.45) is 5.73 Å². The number of ether oxygens (including phenoxy) is 1. The van der Waals surface area contributed by atoms with Crippen LogP contribution in [-0.2, 0) is 19.8 Å². The fraction of sp³-hybridized carbons (Fsp3) is 0.167. The van der Waals surface area contributed by atoms with Crippen LogP contribution in [-0.4, -0.2) is 42.5 Å². The molecule has 2 aromatic carbocycles. The minimum atomic E-state index is -1.46. The van der Waals surface area contributed by atoms with Crippen molar-refractivity contribution in [3.05, 3.63) is 63.8 Å². The van der Waals surface area contributed by atoms with E-state index in [1.807, 2.05) is 0 Å². The van der Waals surface area contributed by atoms with E-state index in [0.29, 0.717) is 33.0 Å². The first-order chi connectivity index (χ1) is 16.3. The van der Waals surface area contributed by atoms with Gasteiger partial charge in [0.15, 0.2) is 0 Å². The maximum Gasteiger partial charge on any atom is 0.346 e. The SMILES string of the molecule is COc1ccc(-c2c(C(=O)O)sc3c2NC(=O)CC32C(=O)N(CC(N)=O)c3ccccc32)cc1. The second-order valence-corrected chi connectivity index (χ2v) is 9.07. The van der Waals surface area contributed by atoms with Gasteiger partial charge in [0.25, 0.3) is 0 Å². The monoisotopic (exact) mass is 477 g/mol. The molecule has 1 atom stereocenters. The van der Waals surface area contributed by atoms with E-state index in [1.54, 1.807) is 48.5 Å². The van der Waals surface area contributed by atoms with Crippen molar-refractivity contribution in [2.45, 2.75) is 11.8 Å². The van der Waals surface area contributed by atoms with Gasteiger partial charge in [-0.1, -0.05) is 30.3 Å². The number of carbonyl (C=O) groups excluding carboxylic acids is 3. The minimum Gasteiger partial charge on any atom is -0.497 e. The van der Waals surface area contributed by atoms with E-state index in [4.69, 9.17) is 10.5 Å². The molecule has 10 heteroatoms. The van der Waals surface area contributed by atoms with Crippen LogP contribution >= 0.6 is 11.3 Å². The predicted octanol–water partition coefficient (Wildman–Crippen LogP) is 2.58. The molecular weight excluding hydrogens is 458 g/mol. The van der Waals surface area contributed by atoms with E-state index in [1.165, 1.54) is 12.0 Å². The number of hydrogen-bond donors (Lipinski definition) is 3. The van der Waals surface area contributed by atoms with Crippen LogP contribution in [0.1, 0.15) is 26.5 Å². The molecule has 2 aliphatic rings. The van der Waals surface area contributed by atoms with Crippen LogP contribution in [0, 0.1) is 0 Å². The van der Waals surface area contributed by atoms with Gasteiger partial charge < -0.3 is 25.8 Å². The van der Waals surface area contributed by atoms with Gasteiger partial charge in [0.05, 0.1) is 24.1 Å². The summed E-state index contributed by atoms with van der Waals surface area (Å²) >= 11 is 0.952. The van der Waals surface area contributed by atoms with E-state index < -0.39 is 29.1 Å². The van der Waals surface area contributed by atoms with Crippen molar-refractivity contribution < 1.29 is 29.0 Å². The van der Waals surface area contributed by atoms with Crippen LogP contribution < -0.4 is 20.7 Å². The van der Waals surface area contributed by atoms with Crippen LogP contribution in [0.15, 0.2) is 48.5 Å². The number of carboxylic acids is 1. The fourth-order valence-electron chi connectivity index (χ4n) is 4.77. The summed E-state index contributed by atoms with van der Waals surface area (Å²) in [6, 6.07) is 13.7. The number of primary amides is 1. The van der Waals surface area contributed by atoms with Crippen molar-refractivity contribution in [1.29, 1.82) is 0 Å². The maximum absolute atomic E-state index is 13.9. The number of rotatable bonds is 5. The summed E-state index contributed by atoms with van der Waals surface area (Å²) in [7, 11) is 1.52. The summed E-state index contributed by atoms with van der Waals surface area (Å²) in [4.78, 5) is 52.6. The maximum atomic E-state index is 13.9. The molecule has 1 aromatic heterocycles. The molecule has 3 amide bonds. The number of nitrogens with zero attached hydrogens (tertiary/aromatic N) is 1. The largest absolute Gasteiger partial charge is 0.497 e. The average Bonchev–Trinajstić information content (AvgIpc) is 3.30. The number of para-hydroxylation sites is 1. The van der Waals surface area contributed by atoms with Gasteiger partial charge in [-0.15, -0.1) is 11.3 Å². The Hall–Kier alpha value is -4.18. The summed E-state index contributed by atoms with van der Waals surface area (Å²) in [5.74, 6) is -2.20. The normalized spacial score (nSPS) is 18.4. The molecule has 3 aromatic rings. The molecule has 0 aliphatic carbocycles. The molecule has 0 fully saturated rings. The molecule has 1 spiro atoms. The Labute approximate surface area is 197 Å². The fourth-order valence-corrected chi connectivity index (χ4v) is 6.08. The summed E-state index contributed by atoms with van der Waals surface area (Å²) < 4.78 is 5.20. The quantitative estimate of drug-likeness (QED) is 0.516. The Kier molecular flexibility index (Phi) is 4.90. The molecule has 34 heavy (non-hydrogen) atoms.